The SMILES string of the molecule is COc1cc(OC)c(N[C@H](C)C(=O)NC23CC4CC(CC(C4)C2)C3)cc1Cl. The molecule has 0 aromatic heterocycles. The summed E-state index contributed by atoms with van der Waals surface area (Å²) in [5.41, 5.74) is 0.708. The number of rotatable bonds is 6. The number of methoxy groups -OCH3 is 2. The molecular weight excluding hydrogens is 364 g/mol. The molecule has 6 heteroatoms. The van der Waals surface area contributed by atoms with Gasteiger partial charge in [-0.25, -0.2) is 0 Å². The van der Waals surface area contributed by atoms with Crippen molar-refractivity contribution in [1.29, 1.82) is 0 Å². The Hall–Kier alpha value is -1.62. The number of anilines is 1. The summed E-state index contributed by atoms with van der Waals surface area (Å²) in [7, 11) is 3.16. The zero-order valence-electron chi connectivity index (χ0n) is 16.3. The Labute approximate surface area is 166 Å². The summed E-state index contributed by atoms with van der Waals surface area (Å²) in [6.45, 7) is 1.88. The van der Waals surface area contributed by atoms with Crippen LogP contribution in [0.5, 0.6) is 11.5 Å². The van der Waals surface area contributed by atoms with Crippen LogP contribution in [-0.4, -0.2) is 31.7 Å². The number of carbonyl (C=O) groups excluding carboxylic acids is 1. The molecule has 4 aliphatic carbocycles. The molecule has 5 rings (SSSR count). The van der Waals surface area contributed by atoms with Gasteiger partial charge in [-0.15, -0.1) is 0 Å². The summed E-state index contributed by atoms with van der Waals surface area (Å²) < 4.78 is 10.7. The molecular formula is C21H29ClN2O3. The van der Waals surface area contributed by atoms with Crippen molar-refractivity contribution in [3.8, 4) is 11.5 Å². The molecule has 4 bridgehead atoms. The summed E-state index contributed by atoms with van der Waals surface area (Å²) in [5, 5.41) is 7.16. The van der Waals surface area contributed by atoms with Crippen molar-refractivity contribution in [2.24, 2.45) is 17.8 Å². The van der Waals surface area contributed by atoms with E-state index in [-0.39, 0.29) is 17.5 Å². The van der Waals surface area contributed by atoms with Gasteiger partial charge in [-0.2, -0.15) is 0 Å². The van der Waals surface area contributed by atoms with E-state index in [4.69, 9.17) is 21.1 Å². The van der Waals surface area contributed by atoms with E-state index in [0.29, 0.717) is 22.2 Å². The van der Waals surface area contributed by atoms with E-state index >= 15 is 0 Å². The Morgan fingerprint density at radius 1 is 1.07 bits per heavy atom. The van der Waals surface area contributed by atoms with Gasteiger partial charge < -0.3 is 20.1 Å². The molecule has 2 N–H and O–H groups in total. The van der Waals surface area contributed by atoms with Gasteiger partial charge in [-0.05, 0) is 69.3 Å². The Morgan fingerprint density at radius 2 is 1.63 bits per heavy atom. The Bertz CT molecular complexity index is 701. The number of amides is 1. The quantitative estimate of drug-likeness (QED) is 0.760. The number of benzene rings is 1. The van der Waals surface area contributed by atoms with Gasteiger partial charge in [0.1, 0.15) is 17.5 Å². The first-order valence-electron chi connectivity index (χ1n) is 9.91. The standard InChI is InChI=1S/C21H29ClN2O3/c1-12(23-17-7-16(22)18(26-2)8-19(17)27-3)20(25)24-21-9-13-4-14(10-21)6-15(5-13)11-21/h7-8,12-15,23H,4-6,9-11H2,1-3H3,(H,24,25)/t12-,13?,14?,15?,21?/m1/s1. The first-order chi connectivity index (χ1) is 12.9. The number of nitrogens with one attached hydrogen (secondary N) is 2. The first kappa shape index (κ1) is 18.7. The Morgan fingerprint density at radius 3 is 2.15 bits per heavy atom. The third kappa shape index (κ3) is 3.58. The second-order valence-corrected chi connectivity index (χ2v) is 9.15. The zero-order chi connectivity index (χ0) is 19.2. The maximum atomic E-state index is 13.0. The number of hydrogen-bond donors (Lipinski definition) is 2. The highest BCUT2D eigenvalue weighted by Crippen LogP contribution is 2.55. The van der Waals surface area contributed by atoms with E-state index in [1.54, 1.807) is 26.4 Å². The highest BCUT2D eigenvalue weighted by atomic mass is 35.5. The lowest BCUT2D eigenvalue weighted by Gasteiger charge is -2.57. The van der Waals surface area contributed by atoms with Crippen molar-refractivity contribution in [2.45, 2.75) is 57.0 Å². The molecule has 27 heavy (non-hydrogen) atoms. The normalized spacial score (nSPS) is 32.1. The fourth-order valence-electron chi connectivity index (χ4n) is 5.90. The van der Waals surface area contributed by atoms with Crippen molar-refractivity contribution in [1.82, 2.24) is 5.32 Å². The molecule has 5 nitrogen and oxygen atoms in total. The van der Waals surface area contributed by atoms with Crippen LogP contribution in [0.4, 0.5) is 5.69 Å². The van der Waals surface area contributed by atoms with Gasteiger partial charge in [0, 0.05) is 11.6 Å². The number of carbonyl (C=O) groups is 1. The molecule has 4 saturated carbocycles. The summed E-state index contributed by atoms with van der Waals surface area (Å²) >= 11 is 6.25. The van der Waals surface area contributed by atoms with Gasteiger partial charge in [0.15, 0.2) is 0 Å². The molecule has 1 atom stereocenters. The van der Waals surface area contributed by atoms with Crippen LogP contribution >= 0.6 is 11.6 Å². The van der Waals surface area contributed by atoms with Gasteiger partial charge >= 0.3 is 0 Å². The van der Waals surface area contributed by atoms with E-state index in [0.717, 1.165) is 37.0 Å². The summed E-state index contributed by atoms with van der Waals surface area (Å²) in [6, 6.07) is 3.10. The molecule has 4 aliphatic rings. The lowest BCUT2D eigenvalue weighted by atomic mass is 9.53. The van der Waals surface area contributed by atoms with Crippen LogP contribution in [0.2, 0.25) is 5.02 Å². The molecule has 148 valence electrons. The Balaban J connectivity index is 1.45. The predicted octanol–water partition coefficient (Wildman–Crippen LogP) is 4.24. The minimum Gasteiger partial charge on any atom is -0.495 e. The van der Waals surface area contributed by atoms with Crippen LogP contribution < -0.4 is 20.1 Å². The maximum Gasteiger partial charge on any atom is 0.242 e. The molecule has 4 fully saturated rings. The first-order valence-corrected chi connectivity index (χ1v) is 10.3. The fraction of sp³-hybridized carbons (Fsp3) is 0.667. The van der Waals surface area contributed by atoms with E-state index < -0.39 is 0 Å². The minimum absolute atomic E-state index is 0.0173. The molecule has 1 amide bonds. The van der Waals surface area contributed by atoms with E-state index in [1.807, 2.05) is 6.92 Å². The molecule has 1 aromatic rings. The van der Waals surface area contributed by atoms with Crippen molar-refractivity contribution < 1.29 is 14.3 Å². The van der Waals surface area contributed by atoms with Crippen LogP contribution in [0, 0.1) is 17.8 Å². The number of hydrogen-bond acceptors (Lipinski definition) is 4. The lowest BCUT2D eigenvalue weighted by Crippen LogP contribution is -2.61. The molecule has 0 radical (unpaired) electrons. The summed E-state index contributed by atoms with van der Waals surface area (Å²) in [4.78, 5) is 13.0. The molecule has 0 saturated heterocycles. The maximum absolute atomic E-state index is 13.0. The van der Waals surface area contributed by atoms with E-state index in [9.17, 15) is 4.79 Å². The predicted molar refractivity (Wildman–Crippen MR) is 107 cm³/mol. The third-order valence-electron chi connectivity index (χ3n) is 6.67. The fourth-order valence-corrected chi connectivity index (χ4v) is 6.15. The summed E-state index contributed by atoms with van der Waals surface area (Å²) in [5.74, 6) is 3.61. The molecule has 0 spiro atoms. The highest BCUT2D eigenvalue weighted by molar-refractivity contribution is 6.32. The average Bonchev–Trinajstić information content (AvgIpc) is 2.60. The van der Waals surface area contributed by atoms with Gasteiger partial charge in [0.2, 0.25) is 5.91 Å². The molecule has 1 aromatic carbocycles. The average molecular weight is 393 g/mol. The minimum atomic E-state index is -0.378. The smallest absolute Gasteiger partial charge is 0.242 e. The van der Waals surface area contributed by atoms with Gasteiger partial charge in [-0.1, -0.05) is 11.6 Å². The summed E-state index contributed by atoms with van der Waals surface area (Å²) in [6.07, 6.45) is 7.54. The lowest BCUT2D eigenvalue weighted by molar-refractivity contribution is -0.127. The second kappa shape index (κ2) is 7.08. The van der Waals surface area contributed by atoms with Gasteiger partial charge in [0.25, 0.3) is 0 Å². The van der Waals surface area contributed by atoms with Crippen LogP contribution in [0.15, 0.2) is 12.1 Å². The molecule has 0 aliphatic heterocycles. The van der Waals surface area contributed by atoms with Crippen LogP contribution in [0.3, 0.4) is 0 Å². The largest absolute Gasteiger partial charge is 0.495 e. The van der Waals surface area contributed by atoms with Crippen molar-refractivity contribution in [3.05, 3.63) is 17.2 Å². The van der Waals surface area contributed by atoms with Crippen molar-refractivity contribution in [2.75, 3.05) is 19.5 Å². The zero-order valence-corrected chi connectivity index (χ0v) is 17.1. The van der Waals surface area contributed by atoms with Crippen molar-refractivity contribution >= 4 is 23.2 Å². The van der Waals surface area contributed by atoms with Gasteiger partial charge in [-0.3, -0.25) is 4.79 Å². The second-order valence-electron chi connectivity index (χ2n) is 8.74. The van der Waals surface area contributed by atoms with Gasteiger partial charge in [0.05, 0.1) is 24.9 Å². The topological polar surface area (TPSA) is 59.6 Å². The third-order valence-corrected chi connectivity index (χ3v) is 6.96. The highest BCUT2D eigenvalue weighted by Gasteiger charge is 2.51. The van der Waals surface area contributed by atoms with Crippen LogP contribution in [0.1, 0.15) is 45.4 Å². The molecule has 0 unspecified atom stereocenters. The van der Waals surface area contributed by atoms with E-state index in [1.165, 1.54) is 19.3 Å². The van der Waals surface area contributed by atoms with Crippen LogP contribution in [-0.2, 0) is 4.79 Å². The Kier molecular flexibility index (Phi) is 4.91. The van der Waals surface area contributed by atoms with Crippen molar-refractivity contribution in [3.63, 3.8) is 0 Å². The monoisotopic (exact) mass is 392 g/mol. The number of halogens is 1. The molecule has 0 heterocycles. The number of ether oxygens (including phenoxy) is 2. The van der Waals surface area contributed by atoms with E-state index in [2.05, 4.69) is 10.6 Å². The van der Waals surface area contributed by atoms with Crippen LogP contribution in [0.25, 0.3) is 0 Å².